The minimum absolute atomic E-state index is 0.225. The number of sulfonamides is 1. The van der Waals surface area contributed by atoms with Crippen molar-refractivity contribution >= 4 is 33.7 Å². The highest BCUT2D eigenvalue weighted by molar-refractivity contribution is 7.90. The van der Waals surface area contributed by atoms with E-state index in [0.717, 1.165) is 6.08 Å². The molecule has 102 valence electrons. The highest BCUT2D eigenvalue weighted by Gasteiger charge is 2.26. The summed E-state index contributed by atoms with van der Waals surface area (Å²) in [5, 5.41) is -0.225. The van der Waals surface area contributed by atoms with E-state index in [0.29, 0.717) is 0 Å². The lowest BCUT2D eigenvalue weighted by atomic mass is 10.2. The van der Waals surface area contributed by atoms with Crippen molar-refractivity contribution in [1.82, 2.24) is 0 Å². The van der Waals surface area contributed by atoms with Gasteiger partial charge in [0, 0.05) is 0 Å². The van der Waals surface area contributed by atoms with Crippen LogP contribution in [0.5, 0.6) is 0 Å². The van der Waals surface area contributed by atoms with Crippen molar-refractivity contribution in [1.29, 1.82) is 0 Å². The molecule has 0 fully saturated rings. The number of hydrogen-bond acceptors (Lipinski definition) is 5. The van der Waals surface area contributed by atoms with E-state index in [1.54, 1.807) is 13.8 Å². The zero-order valence-electron chi connectivity index (χ0n) is 10.1. The Balaban J connectivity index is 3.48. The number of nitrogens with zero attached hydrogens (tertiary/aromatic N) is 1. The molecule has 1 aromatic rings. The van der Waals surface area contributed by atoms with Gasteiger partial charge in [-0.25, -0.2) is 9.59 Å². The molecule has 0 aliphatic rings. The molecule has 0 aliphatic heterocycles. The summed E-state index contributed by atoms with van der Waals surface area (Å²) in [6, 6.07) is 3.88. The maximum Gasteiger partial charge on any atom is 0.339 e. The smallest absolute Gasteiger partial charge is 0.339 e. The van der Waals surface area contributed by atoms with Gasteiger partial charge in [0.1, 0.15) is 4.90 Å². The van der Waals surface area contributed by atoms with E-state index >= 15 is 0 Å². The summed E-state index contributed by atoms with van der Waals surface area (Å²) >= 11 is 5.75. The summed E-state index contributed by atoms with van der Waals surface area (Å²) in [5.41, 5.74) is -0.278. The van der Waals surface area contributed by atoms with E-state index in [2.05, 4.69) is 4.40 Å². The normalized spacial score (nSPS) is 10.9. The Morgan fingerprint density at radius 2 is 2.05 bits per heavy atom. The zero-order valence-corrected chi connectivity index (χ0v) is 11.7. The van der Waals surface area contributed by atoms with E-state index in [1.807, 2.05) is 0 Å². The monoisotopic (exact) mass is 303 g/mol. The predicted molar refractivity (Wildman–Crippen MR) is 67.3 cm³/mol. The van der Waals surface area contributed by atoms with Crippen LogP contribution in [0.15, 0.2) is 27.5 Å². The van der Waals surface area contributed by atoms with E-state index < -0.39 is 27.0 Å². The Morgan fingerprint density at radius 1 is 1.42 bits per heavy atom. The van der Waals surface area contributed by atoms with Crippen LogP contribution < -0.4 is 0 Å². The zero-order chi connectivity index (χ0) is 14.6. The average Bonchev–Trinajstić information content (AvgIpc) is 2.27. The summed E-state index contributed by atoms with van der Waals surface area (Å²) in [7, 11) is -4.38. The van der Waals surface area contributed by atoms with Gasteiger partial charge in [-0.05, 0) is 26.0 Å². The van der Waals surface area contributed by atoms with E-state index in [9.17, 15) is 18.0 Å². The number of rotatable bonds is 4. The van der Waals surface area contributed by atoms with Crippen molar-refractivity contribution < 1.29 is 22.7 Å². The first-order valence-corrected chi connectivity index (χ1v) is 6.95. The molecule has 0 aliphatic carbocycles. The van der Waals surface area contributed by atoms with Gasteiger partial charge >= 0.3 is 5.97 Å². The highest BCUT2D eigenvalue weighted by atomic mass is 35.5. The van der Waals surface area contributed by atoms with Crippen LogP contribution in [0.2, 0.25) is 5.02 Å². The number of carbonyl (C=O) groups is 1. The molecule has 0 N–H and O–H groups in total. The molecule has 0 saturated carbocycles. The van der Waals surface area contributed by atoms with E-state index in [-0.39, 0.29) is 10.6 Å². The maximum absolute atomic E-state index is 11.8. The Hall–Kier alpha value is -1.69. The van der Waals surface area contributed by atoms with Gasteiger partial charge in [0.15, 0.2) is 0 Å². The topological polar surface area (TPSA) is 89.9 Å². The molecule has 0 bridgehead atoms. The SMILES string of the molecule is CC(C)OC(=O)c1cccc(Cl)c1S(=O)(=O)N=C=O. The summed E-state index contributed by atoms with van der Waals surface area (Å²) < 4.78 is 31.1. The third-order valence-electron chi connectivity index (χ3n) is 1.95. The van der Waals surface area contributed by atoms with Crippen LogP contribution >= 0.6 is 11.6 Å². The molecular formula is C11H10ClNO5S. The summed E-state index contributed by atoms with van der Waals surface area (Å²) in [5.74, 6) is -0.864. The highest BCUT2D eigenvalue weighted by Crippen LogP contribution is 2.27. The second-order valence-electron chi connectivity index (χ2n) is 3.73. The molecule has 0 radical (unpaired) electrons. The fraction of sp³-hybridized carbons (Fsp3) is 0.273. The van der Waals surface area contributed by atoms with Crippen LogP contribution in [0.1, 0.15) is 24.2 Å². The van der Waals surface area contributed by atoms with Crippen LogP contribution in [0, 0.1) is 0 Å². The molecule has 0 heterocycles. The number of esters is 1. The van der Waals surface area contributed by atoms with Gasteiger partial charge in [-0.1, -0.05) is 22.1 Å². The van der Waals surface area contributed by atoms with Crippen molar-refractivity contribution in [3.05, 3.63) is 28.8 Å². The lowest BCUT2D eigenvalue weighted by Crippen LogP contribution is -2.15. The Kier molecular flexibility index (Phi) is 4.83. The van der Waals surface area contributed by atoms with E-state index in [1.165, 1.54) is 18.2 Å². The number of ether oxygens (including phenoxy) is 1. The van der Waals surface area contributed by atoms with Crippen LogP contribution in [-0.2, 0) is 19.6 Å². The van der Waals surface area contributed by atoms with Gasteiger partial charge in [-0.3, -0.25) is 0 Å². The van der Waals surface area contributed by atoms with Crippen LogP contribution in [0.3, 0.4) is 0 Å². The van der Waals surface area contributed by atoms with Gasteiger partial charge in [0.2, 0.25) is 0 Å². The largest absolute Gasteiger partial charge is 0.459 e. The minimum Gasteiger partial charge on any atom is -0.459 e. The van der Waals surface area contributed by atoms with Crippen molar-refractivity contribution in [2.45, 2.75) is 24.8 Å². The fourth-order valence-corrected chi connectivity index (χ4v) is 2.70. The second kappa shape index (κ2) is 5.97. The summed E-state index contributed by atoms with van der Waals surface area (Å²) in [6.45, 7) is 3.22. The fourth-order valence-electron chi connectivity index (χ4n) is 1.30. The number of hydrogen-bond donors (Lipinski definition) is 0. The van der Waals surface area contributed by atoms with Crippen molar-refractivity contribution in [2.75, 3.05) is 0 Å². The first-order valence-electron chi connectivity index (χ1n) is 5.13. The molecule has 0 aromatic heterocycles. The molecule has 8 heteroatoms. The van der Waals surface area contributed by atoms with Crippen molar-refractivity contribution in [3.63, 3.8) is 0 Å². The van der Waals surface area contributed by atoms with Crippen LogP contribution in [0.4, 0.5) is 0 Å². The first kappa shape index (κ1) is 15.4. The Morgan fingerprint density at radius 3 is 2.58 bits per heavy atom. The average molecular weight is 304 g/mol. The molecule has 19 heavy (non-hydrogen) atoms. The first-order chi connectivity index (χ1) is 8.79. The third kappa shape index (κ3) is 3.64. The van der Waals surface area contributed by atoms with Gasteiger partial charge in [-0.15, -0.1) is 0 Å². The standard InChI is InChI=1S/C11H10ClNO5S/c1-7(2)18-11(15)8-4-3-5-9(12)10(8)19(16,17)13-6-14/h3-5,7H,1-2H3. The molecule has 6 nitrogen and oxygen atoms in total. The van der Waals surface area contributed by atoms with Crippen molar-refractivity contribution in [3.8, 4) is 0 Å². The molecule has 0 saturated heterocycles. The van der Waals surface area contributed by atoms with Gasteiger partial charge in [0.25, 0.3) is 16.1 Å². The van der Waals surface area contributed by atoms with Gasteiger partial charge < -0.3 is 4.74 Å². The molecule has 0 atom stereocenters. The number of halogens is 1. The molecular weight excluding hydrogens is 294 g/mol. The van der Waals surface area contributed by atoms with Crippen LogP contribution in [-0.4, -0.2) is 26.6 Å². The van der Waals surface area contributed by atoms with Crippen molar-refractivity contribution in [2.24, 2.45) is 4.40 Å². The lowest BCUT2D eigenvalue weighted by molar-refractivity contribution is 0.0373. The Labute approximate surface area is 115 Å². The van der Waals surface area contributed by atoms with Gasteiger partial charge in [-0.2, -0.15) is 8.42 Å². The molecule has 0 amide bonds. The number of carbonyl (C=O) groups excluding carboxylic acids is 2. The number of benzene rings is 1. The summed E-state index contributed by atoms with van der Waals surface area (Å²) in [4.78, 5) is 21.4. The molecule has 1 rings (SSSR count). The quantitative estimate of drug-likeness (QED) is 0.481. The van der Waals surface area contributed by atoms with E-state index in [4.69, 9.17) is 16.3 Å². The Bertz CT molecular complexity index is 647. The lowest BCUT2D eigenvalue weighted by Gasteiger charge is -2.11. The van der Waals surface area contributed by atoms with Gasteiger partial charge in [0.05, 0.1) is 16.7 Å². The minimum atomic E-state index is -4.38. The second-order valence-corrected chi connectivity index (χ2v) is 5.68. The third-order valence-corrected chi connectivity index (χ3v) is 3.64. The molecule has 1 aromatic carbocycles. The van der Waals surface area contributed by atoms with Crippen LogP contribution in [0.25, 0.3) is 0 Å². The predicted octanol–water partition coefficient (Wildman–Crippen LogP) is 1.93. The molecule has 0 spiro atoms. The maximum atomic E-state index is 11.8. The molecule has 0 unspecified atom stereocenters. The summed E-state index contributed by atoms with van der Waals surface area (Å²) in [6.07, 6.45) is 0.483. The number of isocyanates is 1.